The minimum absolute atomic E-state index is 0.0337. The second-order valence-corrected chi connectivity index (χ2v) is 6.38. The smallest absolute Gasteiger partial charge is 0.242 e. The molecule has 1 heterocycles. The van der Waals surface area contributed by atoms with Gasteiger partial charge in [-0.25, -0.2) is 22.5 Å². The molecule has 0 atom stereocenters. The molecule has 0 spiro atoms. The van der Waals surface area contributed by atoms with Gasteiger partial charge in [0.2, 0.25) is 10.0 Å². The number of hydrogen-bond donors (Lipinski definition) is 2. The SMILES string of the molecule is CNc1ncc(S(=O)(=O)NCc2ccc(F)cc2)cc1Cl. The Labute approximate surface area is 127 Å². The zero-order chi connectivity index (χ0) is 15.5. The molecule has 5 nitrogen and oxygen atoms in total. The monoisotopic (exact) mass is 329 g/mol. The van der Waals surface area contributed by atoms with Gasteiger partial charge in [-0.1, -0.05) is 23.7 Å². The third-order valence-electron chi connectivity index (χ3n) is 2.74. The van der Waals surface area contributed by atoms with Crippen LogP contribution in [-0.4, -0.2) is 20.4 Å². The number of pyridine rings is 1. The molecular weight excluding hydrogens is 317 g/mol. The number of halogens is 2. The van der Waals surface area contributed by atoms with E-state index in [2.05, 4.69) is 15.0 Å². The number of nitrogens with zero attached hydrogens (tertiary/aromatic N) is 1. The second-order valence-electron chi connectivity index (χ2n) is 4.20. The molecular formula is C13H13ClFN3O2S. The first-order valence-electron chi connectivity index (χ1n) is 6.00. The molecule has 8 heteroatoms. The molecule has 0 fully saturated rings. The van der Waals surface area contributed by atoms with Crippen LogP contribution in [-0.2, 0) is 16.6 Å². The molecule has 0 amide bonds. The fraction of sp³-hybridized carbons (Fsp3) is 0.154. The highest BCUT2D eigenvalue weighted by atomic mass is 35.5. The van der Waals surface area contributed by atoms with Crippen LogP contribution in [0.2, 0.25) is 5.02 Å². The lowest BCUT2D eigenvalue weighted by atomic mass is 10.2. The summed E-state index contributed by atoms with van der Waals surface area (Å²) in [4.78, 5) is 3.88. The van der Waals surface area contributed by atoms with Gasteiger partial charge in [-0.3, -0.25) is 0 Å². The summed E-state index contributed by atoms with van der Waals surface area (Å²) in [5.41, 5.74) is 0.644. The van der Waals surface area contributed by atoms with Crippen LogP contribution in [0.25, 0.3) is 0 Å². The summed E-state index contributed by atoms with van der Waals surface area (Å²) in [6, 6.07) is 6.86. The van der Waals surface area contributed by atoms with Crippen molar-refractivity contribution in [3.8, 4) is 0 Å². The average molecular weight is 330 g/mol. The van der Waals surface area contributed by atoms with Crippen LogP contribution >= 0.6 is 11.6 Å². The van der Waals surface area contributed by atoms with Crippen molar-refractivity contribution in [1.82, 2.24) is 9.71 Å². The van der Waals surface area contributed by atoms with E-state index in [0.29, 0.717) is 11.4 Å². The number of nitrogens with one attached hydrogen (secondary N) is 2. The van der Waals surface area contributed by atoms with Crippen LogP contribution in [0.4, 0.5) is 10.2 Å². The highest BCUT2D eigenvalue weighted by Crippen LogP contribution is 2.22. The number of sulfonamides is 1. The van der Waals surface area contributed by atoms with E-state index in [-0.39, 0.29) is 22.3 Å². The molecule has 0 saturated carbocycles. The predicted octanol–water partition coefficient (Wildman–Crippen LogP) is 2.39. The molecule has 21 heavy (non-hydrogen) atoms. The van der Waals surface area contributed by atoms with Gasteiger partial charge in [0.05, 0.1) is 5.02 Å². The van der Waals surface area contributed by atoms with Crippen molar-refractivity contribution in [1.29, 1.82) is 0 Å². The Hall–Kier alpha value is -1.70. The molecule has 2 aromatic rings. The molecule has 1 aromatic carbocycles. The number of rotatable bonds is 5. The minimum Gasteiger partial charge on any atom is -0.372 e. The van der Waals surface area contributed by atoms with Crippen molar-refractivity contribution in [2.45, 2.75) is 11.4 Å². The summed E-state index contributed by atoms with van der Waals surface area (Å²) in [6.45, 7) is 0.0496. The number of benzene rings is 1. The zero-order valence-corrected chi connectivity index (χ0v) is 12.7. The Morgan fingerprint density at radius 2 is 1.95 bits per heavy atom. The lowest BCUT2D eigenvalue weighted by molar-refractivity contribution is 0.581. The first-order valence-corrected chi connectivity index (χ1v) is 7.86. The summed E-state index contributed by atoms with van der Waals surface area (Å²) in [5.74, 6) is 0.0226. The molecule has 0 aliphatic carbocycles. The zero-order valence-electron chi connectivity index (χ0n) is 11.1. The largest absolute Gasteiger partial charge is 0.372 e. The lowest BCUT2D eigenvalue weighted by Crippen LogP contribution is -2.23. The molecule has 0 aliphatic heterocycles. The molecule has 0 unspecified atom stereocenters. The van der Waals surface area contributed by atoms with E-state index in [1.807, 2.05) is 0 Å². The Balaban J connectivity index is 2.14. The van der Waals surface area contributed by atoms with Gasteiger partial charge in [0.15, 0.2) is 0 Å². The van der Waals surface area contributed by atoms with Crippen LogP contribution < -0.4 is 10.0 Å². The van der Waals surface area contributed by atoms with Crippen molar-refractivity contribution in [2.75, 3.05) is 12.4 Å². The fourth-order valence-corrected chi connectivity index (χ4v) is 2.93. The van der Waals surface area contributed by atoms with Crippen LogP contribution in [0, 0.1) is 5.82 Å². The van der Waals surface area contributed by atoms with Gasteiger partial charge in [0, 0.05) is 19.8 Å². The predicted molar refractivity (Wildman–Crippen MR) is 79.2 cm³/mol. The van der Waals surface area contributed by atoms with E-state index >= 15 is 0 Å². The molecule has 0 aliphatic rings. The van der Waals surface area contributed by atoms with Crippen molar-refractivity contribution < 1.29 is 12.8 Å². The van der Waals surface area contributed by atoms with Gasteiger partial charge < -0.3 is 5.32 Å². The van der Waals surface area contributed by atoms with Crippen molar-refractivity contribution in [3.63, 3.8) is 0 Å². The third kappa shape index (κ3) is 3.90. The average Bonchev–Trinajstić information content (AvgIpc) is 2.46. The molecule has 0 bridgehead atoms. The highest BCUT2D eigenvalue weighted by molar-refractivity contribution is 7.89. The Morgan fingerprint density at radius 3 is 2.52 bits per heavy atom. The van der Waals surface area contributed by atoms with E-state index in [1.165, 1.54) is 36.5 Å². The third-order valence-corrected chi connectivity index (χ3v) is 4.40. The van der Waals surface area contributed by atoms with Gasteiger partial charge >= 0.3 is 0 Å². The van der Waals surface area contributed by atoms with Crippen molar-refractivity contribution in [3.05, 3.63) is 52.9 Å². The first kappa shape index (κ1) is 15.7. The summed E-state index contributed by atoms with van der Waals surface area (Å²) in [5, 5.41) is 2.95. The highest BCUT2D eigenvalue weighted by Gasteiger charge is 2.16. The number of hydrogen-bond acceptors (Lipinski definition) is 4. The molecule has 112 valence electrons. The van der Waals surface area contributed by atoms with Crippen molar-refractivity contribution in [2.24, 2.45) is 0 Å². The van der Waals surface area contributed by atoms with E-state index < -0.39 is 10.0 Å². The standard InChI is InChI=1S/C13H13ClFN3O2S/c1-16-13-12(14)6-11(8-17-13)21(19,20)18-7-9-2-4-10(15)5-3-9/h2-6,8,18H,7H2,1H3,(H,16,17). The topological polar surface area (TPSA) is 71.1 Å². The summed E-state index contributed by atoms with van der Waals surface area (Å²) >= 11 is 5.91. The Morgan fingerprint density at radius 1 is 1.29 bits per heavy atom. The van der Waals surface area contributed by atoms with Crippen LogP contribution in [0.15, 0.2) is 41.4 Å². The van der Waals surface area contributed by atoms with E-state index in [0.717, 1.165) is 0 Å². The summed E-state index contributed by atoms with van der Waals surface area (Å²) < 4.78 is 39.4. The van der Waals surface area contributed by atoms with Crippen LogP contribution in [0.1, 0.15) is 5.56 Å². The Bertz CT molecular complexity index is 736. The maximum atomic E-state index is 12.8. The van der Waals surface area contributed by atoms with E-state index in [4.69, 9.17) is 11.6 Å². The van der Waals surface area contributed by atoms with E-state index in [1.54, 1.807) is 7.05 Å². The van der Waals surface area contributed by atoms with Gasteiger partial charge in [-0.15, -0.1) is 0 Å². The molecule has 2 rings (SSSR count). The molecule has 0 radical (unpaired) electrons. The quantitative estimate of drug-likeness (QED) is 0.883. The summed E-state index contributed by atoms with van der Waals surface area (Å²) in [7, 11) is -2.10. The lowest BCUT2D eigenvalue weighted by Gasteiger charge is -2.08. The van der Waals surface area contributed by atoms with Crippen LogP contribution in [0.3, 0.4) is 0 Å². The van der Waals surface area contributed by atoms with Gasteiger partial charge in [0.1, 0.15) is 16.5 Å². The van der Waals surface area contributed by atoms with E-state index in [9.17, 15) is 12.8 Å². The first-order chi connectivity index (χ1) is 9.92. The molecule has 0 saturated heterocycles. The van der Waals surface area contributed by atoms with Crippen LogP contribution in [0.5, 0.6) is 0 Å². The summed E-state index contributed by atoms with van der Waals surface area (Å²) in [6.07, 6.45) is 1.21. The van der Waals surface area contributed by atoms with Gasteiger partial charge in [-0.2, -0.15) is 0 Å². The maximum absolute atomic E-state index is 12.8. The maximum Gasteiger partial charge on any atom is 0.242 e. The molecule has 1 aromatic heterocycles. The van der Waals surface area contributed by atoms with Gasteiger partial charge in [0.25, 0.3) is 0 Å². The second kappa shape index (κ2) is 6.38. The molecule has 2 N–H and O–H groups in total. The number of anilines is 1. The van der Waals surface area contributed by atoms with Crippen molar-refractivity contribution >= 4 is 27.4 Å². The Kier molecular flexibility index (Phi) is 4.76. The number of aromatic nitrogens is 1. The fourth-order valence-electron chi connectivity index (χ4n) is 1.62. The normalized spacial score (nSPS) is 11.4. The minimum atomic E-state index is -3.73. The van der Waals surface area contributed by atoms with Gasteiger partial charge in [-0.05, 0) is 23.8 Å².